The Bertz CT molecular complexity index is 710. The van der Waals surface area contributed by atoms with Gasteiger partial charge in [-0.3, -0.25) is 9.59 Å². The number of fused-ring (bicyclic) bond motifs is 4. The van der Waals surface area contributed by atoms with Gasteiger partial charge in [0.05, 0.1) is 0 Å². The molecule has 3 fully saturated rings. The van der Waals surface area contributed by atoms with Gasteiger partial charge in [0.2, 0.25) is 0 Å². The molecule has 2 heteroatoms. The predicted octanol–water partition coefficient (Wildman–Crippen LogP) is 6.51. The Kier molecular flexibility index (Phi) is 5.80. The zero-order valence-corrected chi connectivity index (χ0v) is 20.0. The van der Waals surface area contributed by atoms with Crippen molar-refractivity contribution < 1.29 is 9.59 Å². The number of carbonyl (C=O) groups excluding carboxylic acids is 2. The first kappa shape index (κ1) is 21.7. The number of hydrogen-bond acceptors (Lipinski definition) is 2. The summed E-state index contributed by atoms with van der Waals surface area (Å²) in [5.41, 5.74) is 0. The van der Waals surface area contributed by atoms with Crippen LogP contribution in [0.25, 0.3) is 0 Å². The van der Waals surface area contributed by atoms with Crippen molar-refractivity contribution in [2.24, 2.45) is 71.0 Å². The highest BCUT2D eigenvalue weighted by Crippen LogP contribution is 2.60. The molecule has 0 heterocycles. The molecule has 0 N–H and O–H groups in total. The van der Waals surface area contributed by atoms with E-state index in [2.05, 4.69) is 52.0 Å². The van der Waals surface area contributed by atoms with Gasteiger partial charge in [0.25, 0.3) is 0 Å². The molecule has 0 aromatic rings. The highest BCUT2D eigenvalue weighted by molar-refractivity contribution is 5.83. The van der Waals surface area contributed by atoms with E-state index in [4.69, 9.17) is 0 Å². The molecule has 0 amide bonds. The largest absolute Gasteiger partial charge is 0.299 e. The van der Waals surface area contributed by atoms with Crippen molar-refractivity contribution in [3.05, 3.63) is 24.3 Å². The maximum absolute atomic E-state index is 13.2. The fourth-order valence-electron chi connectivity index (χ4n) is 8.74. The summed E-state index contributed by atoms with van der Waals surface area (Å²) in [7, 11) is 0. The SMILES string of the molecule is CC(C)CC(=O)C1[C@H](C2CCC(C3[C@@H](C(=O)CC(C)C)[C@@H]4C=C[C@H]3C4)C2)[C@@H]2C=C[C@H]1C2. The van der Waals surface area contributed by atoms with Crippen molar-refractivity contribution in [1.29, 1.82) is 0 Å². The van der Waals surface area contributed by atoms with Crippen LogP contribution >= 0.6 is 0 Å². The van der Waals surface area contributed by atoms with Crippen LogP contribution in [0.5, 0.6) is 0 Å². The lowest BCUT2D eigenvalue weighted by atomic mass is 9.69. The fraction of sp³-hybridized carbons (Fsp3) is 0.793. The lowest BCUT2D eigenvalue weighted by molar-refractivity contribution is -0.127. The first-order chi connectivity index (χ1) is 14.8. The summed E-state index contributed by atoms with van der Waals surface area (Å²) in [5, 5.41) is 0. The van der Waals surface area contributed by atoms with E-state index in [0.717, 1.165) is 12.8 Å². The van der Waals surface area contributed by atoms with Crippen LogP contribution in [0.15, 0.2) is 24.3 Å². The van der Waals surface area contributed by atoms with Crippen molar-refractivity contribution in [3.8, 4) is 0 Å². The van der Waals surface area contributed by atoms with Gasteiger partial charge < -0.3 is 0 Å². The Morgan fingerprint density at radius 1 is 0.645 bits per heavy atom. The van der Waals surface area contributed by atoms with Crippen LogP contribution in [0.2, 0.25) is 0 Å². The Labute approximate surface area is 189 Å². The van der Waals surface area contributed by atoms with E-state index in [1.165, 1.54) is 32.1 Å². The molecule has 0 aliphatic heterocycles. The lowest BCUT2D eigenvalue weighted by Crippen LogP contribution is -2.34. The van der Waals surface area contributed by atoms with Gasteiger partial charge >= 0.3 is 0 Å². The van der Waals surface area contributed by atoms with Gasteiger partial charge in [-0.25, -0.2) is 0 Å². The Morgan fingerprint density at radius 3 is 1.42 bits per heavy atom. The lowest BCUT2D eigenvalue weighted by Gasteiger charge is -2.35. The van der Waals surface area contributed by atoms with Gasteiger partial charge in [-0.1, -0.05) is 52.0 Å². The zero-order chi connectivity index (χ0) is 21.9. The third-order valence-corrected chi connectivity index (χ3v) is 9.61. The van der Waals surface area contributed by atoms with Crippen molar-refractivity contribution in [1.82, 2.24) is 0 Å². The molecule has 2 nitrogen and oxygen atoms in total. The molecule has 0 aromatic carbocycles. The van der Waals surface area contributed by atoms with E-state index < -0.39 is 0 Å². The molecule has 0 saturated heterocycles. The molecule has 5 rings (SSSR count). The van der Waals surface area contributed by atoms with E-state index in [-0.39, 0.29) is 11.8 Å². The summed E-state index contributed by atoms with van der Waals surface area (Å²) in [4.78, 5) is 26.4. The first-order valence-corrected chi connectivity index (χ1v) is 13.3. The number of rotatable bonds is 8. The third-order valence-electron chi connectivity index (χ3n) is 9.61. The van der Waals surface area contributed by atoms with Gasteiger partial charge in [0.15, 0.2) is 0 Å². The fourth-order valence-corrected chi connectivity index (χ4v) is 8.74. The number of hydrogen-bond donors (Lipinski definition) is 0. The molecule has 0 aromatic heterocycles. The minimum atomic E-state index is 0.277. The highest BCUT2D eigenvalue weighted by Gasteiger charge is 2.55. The maximum Gasteiger partial charge on any atom is 0.137 e. The molecule has 5 aliphatic carbocycles. The summed E-state index contributed by atoms with van der Waals surface area (Å²) in [6, 6.07) is 0. The smallest absolute Gasteiger partial charge is 0.137 e. The maximum atomic E-state index is 13.2. The second-order valence-corrected chi connectivity index (χ2v) is 12.6. The van der Waals surface area contributed by atoms with Crippen molar-refractivity contribution in [3.63, 3.8) is 0 Å². The first-order valence-electron chi connectivity index (χ1n) is 13.3. The Morgan fingerprint density at radius 2 is 1.03 bits per heavy atom. The average Bonchev–Trinajstić information content (AvgIpc) is 3.51. The Hall–Kier alpha value is -1.18. The normalized spacial score (nSPS) is 45.0. The summed E-state index contributed by atoms with van der Waals surface area (Å²) in [6.07, 6.45) is 17.3. The van der Waals surface area contributed by atoms with Gasteiger partial charge in [0, 0.05) is 24.7 Å². The minimum Gasteiger partial charge on any atom is -0.299 e. The van der Waals surface area contributed by atoms with E-state index in [1.807, 2.05) is 0 Å². The Balaban J connectivity index is 1.31. The molecule has 31 heavy (non-hydrogen) atoms. The molecule has 5 aliphatic rings. The van der Waals surface area contributed by atoms with Crippen molar-refractivity contribution in [2.75, 3.05) is 0 Å². The second-order valence-electron chi connectivity index (χ2n) is 12.6. The van der Waals surface area contributed by atoms with E-state index >= 15 is 0 Å². The van der Waals surface area contributed by atoms with Crippen LogP contribution in [0, 0.1) is 71.0 Å². The summed E-state index contributed by atoms with van der Waals surface area (Å²) in [5.74, 6) is 7.35. The van der Waals surface area contributed by atoms with Crippen molar-refractivity contribution in [2.45, 2.75) is 72.6 Å². The van der Waals surface area contributed by atoms with Gasteiger partial charge in [-0.2, -0.15) is 0 Å². The topological polar surface area (TPSA) is 34.1 Å². The summed E-state index contributed by atoms with van der Waals surface area (Å²) in [6.45, 7) is 8.72. The number of ketones is 2. The van der Waals surface area contributed by atoms with Crippen LogP contribution < -0.4 is 0 Å². The third kappa shape index (κ3) is 3.80. The quantitative estimate of drug-likeness (QED) is 0.418. The van der Waals surface area contributed by atoms with Crippen LogP contribution in [-0.4, -0.2) is 11.6 Å². The van der Waals surface area contributed by atoms with Crippen LogP contribution in [0.1, 0.15) is 72.6 Å². The standard InChI is InChI=1S/C29H42O2/c1-16(2)11-24(30)28-22-9-7-20(14-22)26(28)18-5-6-19(13-18)27-21-8-10-23(15-21)29(27)25(31)12-17(3)4/h7-10,16-23,26-29H,5-6,11-15H2,1-4H3/t18?,19?,20-,21+,22+,23-,26-,27?,28?,29-/m1/s1. The average molecular weight is 423 g/mol. The van der Waals surface area contributed by atoms with Crippen LogP contribution in [0.4, 0.5) is 0 Å². The summed E-state index contributed by atoms with van der Waals surface area (Å²) >= 11 is 0. The van der Waals surface area contributed by atoms with Crippen LogP contribution in [0.3, 0.4) is 0 Å². The van der Waals surface area contributed by atoms with Gasteiger partial charge in [-0.05, 0) is 91.3 Å². The molecule has 170 valence electrons. The summed E-state index contributed by atoms with van der Waals surface area (Å²) < 4.78 is 0. The number of allylic oxidation sites excluding steroid dienone is 4. The molecule has 0 spiro atoms. The molecule has 4 unspecified atom stereocenters. The van der Waals surface area contributed by atoms with Gasteiger partial charge in [0.1, 0.15) is 11.6 Å². The number of Topliss-reactive ketones (excluding diaryl/α,β-unsaturated/α-hetero) is 2. The van der Waals surface area contributed by atoms with Gasteiger partial charge in [-0.15, -0.1) is 0 Å². The molecule has 10 atom stereocenters. The molecular weight excluding hydrogens is 380 g/mol. The molecule has 3 saturated carbocycles. The molecule has 4 bridgehead atoms. The monoisotopic (exact) mass is 422 g/mol. The van der Waals surface area contributed by atoms with Crippen LogP contribution in [-0.2, 0) is 9.59 Å². The predicted molar refractivity (Wildman–Crippen MR) is 125 cm³/mol. The van der Waals surface area contributed by atoms with E-state index in [0.29, 0.717) is 70.7 Å². The second kappa shape index (κ2) is 8.31. The number of carbonyl (C=O) groups is 2. The van der Waals surface area contributed by atoms with E-state index in [9.17, 15) is 9.59 Å². The zero-order valence-electron chi connectivity index (χ0n) is 20.0. The molecular formula is C29H42O2. The minimum absolute atomic E-state index is 0.277. The highest BCUT2D eigenvalue weighted by atomic mass is 16.1. The van der Waals surface area contributed by atoms with Crippen molar-refractivity contribution >= 4 is 11.6 Å². The van der Waals surface area contributed by atoms with E-state index in [1.54, 1.807) is 0 Å². The molecule has 0 radical (unpaired) electrons.